The maximum atomic E-state index is 7.24. The molecule has 24 heavy (non-hydrogen) atoms. The predicted octanol–water partition coefficient (Wildman–Crippen LogP) is 6.52. The lowest BCUT2D eigenvalue weighted by molar-refractivity contribution is 0.0683. The molecular formula is C19H46O2Si3. The Hall–Kier alpha value is 0.571. The lowest BCUT2D eigenvalue weighted by atomic mass is 10.2. The second kappa shape index (κ2) is 9.49. The SMILES string of the molecule is CCCC[Si](C)(C)C(CC)(CC)O[Si](C)(C)[C@@](C)(CC)O[SiH](C)C. The predicted molar refractivity (Wildman–Crippen MR) is 118 cm³/mol. The fourth-order valence-electron chi connectivity index (χ4n) is 4.10. The van der Waals surface area contributed by atoms with Crippen molar-refractivity contribution in [2.75, 3.05) is 0 Å². The van der Waals surface area contributed by atoms with E-state index in [0.717, 1.165) is 19.3 Å². The largest absolute Gasteiger partial charge is 0.415 e. The van der Waals surface area contributed by atoms with Crippen LogP contribution >= 0.6 is 0 Å². The van der Waals surface area contributed by atoms with E-state index in [2.05, 4.69) is 73.9 Å². The molecule has 0 N–H and O–H groups in total. The first-order chi connectivity index (χ1) is 10.9. The summed E-state index contributed by atoms with van der Waals surface area (Å²) < 4.78 is 13.8. The summed E-state index contributed by atoms with van der Waals surface area (Å²) in [5, 5.41) is 0.0223. The van der Waals surface area contributed by atoms with Gasteiger partial charge in [0.15, 0.2) is 9.04 Å². The van der Waals surface area contributed by atoms with Crippen molar-refractivity contribution in [1.82, 2.24) is 0 Å². The molecule has 0 radical (unpaired) electrons. The summed E-state index contributed by atoms with van der Waals surface area (Å²) in [5.74, 6) is 0. The Morgan fingerprint density at radius 2 is 1.38 bits per heavy atom. The Labute approximate surface area is 157 Å². The highest BCUT2D eigenvalue weighted by Crippen LogP contribution is 2.42. The topological polar surface area (TPSA) is 18.5 Å². The highest BCUT2D eigenvalue weighted by Gasteiger charge is 2.53. The quantitative estimate of drug-likeness (QED) is 0.353. The van der Waals surface area contributed by atoms with Crippen molar-refractivity contribution in [3.63, 3.8) is 0 Å². The number of unbranched alkanes of at least 4 members (excludes halogenated alkanes) is 1. The van der Waals surface area contributed by atoms with Crippen LogP contribution in [-0.2, 0) is 8.85 Å². The van der Waals surface area contributed by atoms with Crippen LogP contribution in [0.3, 0.4) is 0 Å². The molecule has 0 aliphatic rings. The molecule has 5 heteroatoms. The number of rotatable bonds is 12. The molecule has 146 valence electrons. The Balaban J connectivity index is 5.70. The van der Waals surface area contributed by atoms with Crippen molar-refractivity contribution in [1.29, 1.82) is 0 Å². The first kappa shape index (κ1) is 24.6. The third-order valence-corrected chi connectivity index (χ3v) is 16.7. The summed E-state index contributed by atoms with van der Waals surface area (Å²) in [6, 6.07) is 1.37. The van der Waals surface area contributed by atoms with Crippen LogP contribution in [0.2, 0.25) is 45.3 Å². The van der Waals surface area contributed by atoms with Gasteiger partial charge in [0.25, 0.3) is 0 Å². The summed E-state index contributed by atoms with van der Waals surface area (Å²) in [6.45, 7) is 26.1. The van der Waals surface area contributed by atoms with Gasteiger partial charge in [-0.15, -0.1) is 0 Å². The lowest BCUT2D eigenvalue weighted by Gasteiger charge is -2.53. The third-order valence-electron chi connectivity index (χ3n) is 6.43. The molecule has 0 bridgehead atoms. The van der Waals surface area contributed by atoms with Gasteiger partial charge in [-0.25, -0.2) is 0 Å². The van der Waals surface area contributed by atoms with Gasteiger partial charge in [0, 0.05) is 5.22 Å². The minimum atomic E-state index is -2.00. The molecular weight excluding hydrogens is 344 g/mol. The maximum absolute atomic E-state index is 7.24. The van der Waals surface area contributed by atoms with E-state index in [9.17, 15) is 0 Å². The zero-order valence-electron chi connectivity index (χ0n) is 18.6. The van der Waals surface area contributed by atoms with Crippen molar-refractivity contribution in [3.8, 4) is 0 Å². The summed E-state index contributed by atoms with van der Waals surface area (Å²) in [6.07, 6.45) is 5.96. The number of hydrogen-bond acceptors (Lipinski definition) is 2. The molecule has 0 aromatic carbocycles. The van der Waals surface area contributed by atoms with E-state index in [-0.39, 0.29) is 10.4 Å². The van der Waals surface area contributed by atoms with Crippen molar-refractivity contribution in [2.24, 2.45) is 0 Å². The lowest BCUT2D eigenvalue weighted by Crippen LogP contribution is -2.66. The van der Waals surface area contributed by atoms with E-state index in [1.165, 1.54) is 18.9 Å². The highest BCUT2D eigenvalue weighted by atomic mass is 28.4. The molecule has 0 amide bonds. The van der Waals surface area contributed by atoms with Crippen molar-refractivity contribution >= 4 is 25.4 Å². The molecule has 1 atom stereocenters. The zero-order chi connectivity index (χ0) is 19.2. The van der Waals surface area contributed by atoms with Gasteiger partial charge >= 0.3 is 0 Å². The molecule has 0 spiro atoms. The van der Waals surface area contributed by atoms with Crippen LogP contribution in [0.5, 0.6) is 0 Å². The molecule has 0 fully saturated rings. The van der Waals surface area contributed by atoms with E-state index in [4.69, 9.17) is 8.85 Å². The van der Waals surface area contributed by atoms with Gasteiger partial charge in [0.2, 0.25) is 8.32 Å². The Morgan fingerprint density at radius 3 is 1.71 bits per heavy atom. The van der Waals surface area contributed by atoms with Crippen LogP contribution in [0.1, 0.15) is 66.7 Å². The normalized spacial score (nSPS) is 16.5. The van der Waals surface area contributed by atoms with Crippen molar-refractivity contribution in [3.05, 3.63) is 0 Å². The summed E-state index contributed by atoms with van der Waals surface area (Å²) in [7, 11) is -4.57. The molecule has 0 saturated carbocycles. The van der Waals surface area contributed by atoms with Crippen molar-refractivity contribution in [2.45, 2.75) is 122 Å². The van der Waals surface area contributed by atoms with Gasteiger partial charge in [0.1, 0.15) is 0 Å². The van der Waals surface area contributed by atoms with Gasteiger partial charge in [-0.3, -0.25) is 0 Å². The molecule has 0 aromatic heterocycles. The Bertz CT molecular complexity index is 366. The van der Waals surface area contributed by atoms with E-state index < -0.39 is 25.4 Å². The molecule has 0 aliphatic carbocycles. The minimum absolute atomic E-state index is 0.0712. The number of hydrogen-bond donors (Lipinski definition) is 0. The molecule has 0 heterocycles. The second-order valence-corrected chi connectivity index (χ2v) is 20.8. The first-order valence-electron chi connectivity index (χ1n) is 10.2. The second-order valence-electron chi connectivity index (χ2n) is 9.05. The maximum Gasteiger partial charge on any atom is 0.216 e. The van der Waals surface area contributed by atoms with E-state index >= 15 is 0 Å². The third kappa shape index (κ3) is 5.53. The highest BCUT2D eigenvalue weighted by molar-refractivity contribution is 6.82. The van der Waals surface area contributed by atoms with Gasteiger partial charge in [-0.05, 0) is 52.4 Å². The van der Waals surface area contributed by atoms with Crippen LogP contribution in [0, 0.1) is 0 Å². The molecule has 0 aliphatic heterocycles. The standard InChI is InChI=1S/C19H46O2Si3/c1-12-16-17-23(8,9)19(14-3,15-4)21-24(10,11)18(5,13-2)20-22(6)7/h22H,12-17H2,1-11H3/t18-/m0/s1. The molecule has 0 saturated heterocycles. The fraction of sp³-hybridized carbons (Fsp3) is 1.00. The molecule has 0 rings (SSSR count). The fourth-order valence-corrected chi connectivity index (χ4v) is 15.0. The summed E-state index contributed by atoms with van der Waals surface area (Å²) in [4.78, 5) is 0. The van der Waals surface area contributed by atoms with Gasteiger partial charge in [0.05, 0.1) is 13.3 Å². The zero-order valence-corrected chi connectivity index (χ0v) is 21.8. The Morgan fingerprint density at radius 1 is 0.875 bits per heavy atom. The average Bonchev–Trinajstić information content (AvgIpc) is 2.49. The van der Waals surface area contributed by atoms with Crippen molar-refractivity contribution < 1.29 is 8.85 Å². The van der Waals surface area contributed by atoms with Crippen LogP contribution in [0.15, 0.2) is 0 Å². The van der Waals surface area contributed by atoms with Gasteiger partial charge in [-0.2, -0.15) is 0 Å². The van der Waals surface area contributed by atoms with Gasteiger partial charge < -0.3 is 8.85 Å². The summed E-state index contributed by atoms with van der Waals surface area (Å²) >= 11 is 0. The van der Waals surface area contributed by atoms with E-state index in [1.807, 2.05) is 0 Å². The van der Waals surface area contributed by atoms with Crippen LogP contribution in [-0.4, -0.2) is 35.9 Å². The molecule has 2 nitrogen and oxygen atoms in total. The van der Waals surface area contributed by atoms with E-state index in [0.29, 0.717) is 0 Å². The monoisotopic (exact) mass is 390 g/mol. The smallest absolute Gasteiger partial charge is 0.216 e. The molecule has 0 aromatic rings. The van der Waals surface area contributed by atoms with Crippen LogP contribution < -0.4 is 0 Å². The average molecular weight is 391 g/mol. The van der Waals surface area contributed by atoms with Crippen LogP contribution in [0.25, 0.3) is 0 Å². The van der Waals surface area contributed by atoms with Gasteiger partial charge in [-0.1, -0.05) is 59.7 Å². The molecule has 0 unspecified atom stereocenters. The van der Waals surface area contributed by atoms with E-state index in [1.54, 1.807) is 0 Å². The summed E-state index contributed by atoms with van der Waals surface area (Å²) in [5.41, 5.74) is 0. The minimum Gasteiger partial charge on any atom is -0.415 e. The Kier molecular flexibility index (Phi) is 9.72. The van der Waals surface area contributed by atoms with Crippen LogP contribution in [0.4, 0.5) is 0 Å². The first-order valence-corrected chi connectivity index (χ1v) is 19.1.